The van der Waals surface area contributed by atoms with Gasteiger partial charge in [-0.05, 0) is 23.8 Å². The molecule has 2 fully saturated rings. The van der Waals surface area contributed by atoms with Crippen molar-refractivity contribution in [3.63, 3.8) is 0 Å². The molecule has 2 saturated heterocycles. The second kappa shape index (κ2) is 11.8. The number of fused-ring (bicyclic) bond motifs is 1. The van der Waals surface area contributed by atoms with Crippen LogP contribution in [0.1, 0.15) is 16.7 Å². The largest absolute Gasteiger partial charge is 0.416 e. The number of hydrazone groups is 1. The predicted molar refractivity (Wildman–Crippen MR) is 152 cm³/mol. The van der Waals surface area contributed by atoms with E-state index in [2.05, 4.69) is 20.3 Å². The summed E-state index contributed by atoms with van der Waals surface area (Å²) < 4.78 is 52.7. The minimum Gasteiger partial charge on any atom is -0.378 e. The molecule has 12 heteroatoms. The van der Waals surface area contributed by atoms with Crippen LogP contribution in [0.2, 0.25) is 0 Å². The Bertz CT molecular complexity index is 1490. The summed E-state index contributed by atoms with van der Waals surface area (Å²) in [4.78, 5) is 13.8. The lowest BCUT2D eigenvalue weighted by atomic mass is 10.1. The molecule has 0 atom stereocenters. The summed E-state index contributed by atoms with van der Waals surface area (Å²) in [5, 5.41) is 5.43. The molecule has 6 rings (SSSR count). The third kappa shape index (κ3) is 6.28. The first kappa shape index (κ1) is 27.0. The Hall–Kier alpha value is -4.16. The molecule has 0 unspecified atom stereocenters. The van der Waals surface area contributed by atoms with Crippen LogP contribution in [0.3, 0.4) is 0 Å². The molecule has 9 nitrogen and oxygen atoms in total. The number of halogens is 3. The summed E-state index contributed by atoms with van der Waals surface area (Å²) in [5.41, 5.74) is 4.71. The Balaban J connectivity index is 1.25. The van der Waals surface area contributed by atoms with Gasteiger partial charge in [0.15, 0.2) is 5.82 Å². The molecule has 214 valence electrons. The van der Waals surface area contributed by atoms with Crippen LogP contribution in [0.5, 0.6) is 0 Å². The highest BCUT2D eigenvalue weighted by Gasteiger charge is 2.30. The van der Waals surface area contributed by atoms with Gasteiger partial charge >= 0.3 is 6.18 Å². The van der Waals surface area contributed by atoms with E-state index in [1.807, 2.05) is 41.1 Å². The number of nitrogens with zero attached hydrogens (tertiary/aromatic N) is 6. The molecule has 4 aromatic rings. The highest BCUT2D eigenvalue weighted by Crippen LogP contribution is 2.30. The molecule has 41 heavy (non-hydrogen) atoms. The number of ether oxygens (including phenoxy) is 2. The molecule has 2 aromatic heterocycles. The maximum atomic E-state index is 13.2. The molecule has 0 saturated carbocycles. The maximum Gasteiger partial charge on any atom is 0.416 e. The number of alkyl halides is 3. The zero-order chi connectivity index (χ0) is 28.2. The van der Waals surface area contributed by atoms with Gasteiger partial charge in [0.2, 0.25) is 5.95 Å². The van der Waals surface area contributed by atoms with Gasteiger partial charge in [-0.1, -0.05) is 30.3 Å². The number of aromatic nitrogens is 3. The number of morpholine rings is 2. The average molecular weight is 566 g/mol. The van der Waals surface area contributed by atoms with Gasteiger partial charge in [-0.25, -0.2) is 0 Å². The van der Waals surface area contributed by atoms with E-state index >= 15 is 0 Å². The molecular formula is C29H30F3N7O2. The first-order chi connectivity index (χ1) is 19.9. The van der Waals surface area contributed by atoms with Crippen molar-refractivity contribution < 1.29 is 22.6 Å². The number of anilines is 3. The summed E-state index contributed by atoms with van der Waals surface area (Å²) in [6, 6.07) is 15.0. The van der Waals surface area contributed by atoms with Crippen LogP contribution in [0.25, 0.3) is 10.9 Å². The van der Waals surface area contributed by atoms with Crippen LogP contribution in [0, 0.1) is 0 Å². The minimum atomic E-state index is -4.39. The SMILES string of the molecule is FC(F)(F)c1cccc(Cn2cc(/C=N/Nc3cc(N4CCOCC4)nc(N4CCOCC4)n3)c3ccccc32)c1. The molecule has 1 N–H and O–H groups in total. The van der Waals surface area contributed by atoms with Crippen molar-refractivity contribution in [3.8, 4) is 0 Å². The van der Waals surface area contributed by atoms with Gasteiger partial charge in [0.1, 0.15) is 5.82 Å². The Kier molecular flexibility index (Phi) is 7.75. The zero-order valence-corrected chi connectivity index (χ0v) is 22.3. The summed E-state index contributed by atoms with van der Waals surface area (Å²) in [7, 11) is 0. The van der Waals surface area contributed by atoms with Crippen molar-refractivity contribution in [2.75, 3.05) is 67.8 Å². The van der Waals surface area contributed by atoms with E-state index in [4.69, 9.17) is 19.4 Å². The first-order valence-corrected chi connectivity index (χ1v) is 13.5. The number of nitrogens with one attached hydrogen (secondary N) is 1. The van der Waals surface area contributed by atoms with Crippen molar-refractivity contribution in [3.05, 3.63) is 77.5 Å². The van der Waals surface area contributed by atoms with Crippen molar-refractivity contribution in [1.29, 1.82) is 0 Å². The highest BCUT2D eigenvalue weighted by molar-refractivity contribution is 5.99. The van der Waals surface area contributed by atoms with Crippen LogP contribution >= 0.6 is 0 Å². The summed E-state index contributed by atoms with van der Waals surface area (Å²) >= 11 is 0. The average Bonchev–Trinajstić information content (AvgIpc) is 3.34. The standard InChI is InChI=1S/C29H30F3N7O2/c30-29(31,32)23-5-3-4-21(16-23)19-39-20-22(24-6-1-2-7-25(24)39)18-33-36-26-17-27(37-8-12-40-13-9-37)35-28(34-26)38-10-14-41-15-11-38/h1-7,16-18,20H,8-15,19H2,(H,34,35,36)/b33-18+. The third-order valence-electron chi connectivity index (χ3n) is 7.14. The van der Waals surface area contributed by atoms with Crippen molar-refractivity contribution in [2.45, 2.75) is 12.7 Å². The van der Waals surface area contributed by atoms with Crippen LogP contribution < -0.4 is 15.2 Å². The van der Waals surface area contributed by atoms with Gasteiger partial charge in [-0.15, -0.1) is 0 Å². The van der Waals surface area contributed by atoms with Gasteiger partial charge in [-0.3, -0.25) is 5.43 Å². The van der Waals surface area contributed by atoms with Crippen LogP contribution in [-0.2, 0) is 22.2 Å². The van der Waals surface area contributed by atoms with Crippen molar-refractivity contribution >= 4 is 34.7 Å². The lowest BCUT2D eigenvalue weighted by Crippen LogP contribution is -2.39. The van der Waals surface area contributed by atoms with E-state index in [9.17, 15) is 13.2 Å². The fourth-order valence-corrected chi connectivity index (χ4v) is 5.06. The molecule has 0 aliphatic carbocycles. The Morgan fingerprint density at radius 3 is 2.37 bits per heavy atom. The van der Waals surface area contributed by atoms with E-state index in [1.54, 1.807) is 12.3 Å². The Morgan fingerprint density at radius 1 is 0.878 bits per heavy atom. The topological polar surface area (TPSA) is 80.0 Å². The van der Waals surface area contributed by atoms with Gasteiger partial charge in [0.05, 0.1) is 38.2 Å². The molecule has 0 bridgehead atoms. The Labute approximate surface area is 235 Å². The number of hydrogen-bond acceptors (Lipinski definition) is 8. The van der Waals surface area contributed by atoms with Crippen LogP contribution in [0.4, 0.5) is 30.8 Å². The van der Waals surface area contributed by atoms with Crippen LogP contribution in [0.15, 0.2) is 65.9 Å². The first-order valence-electron chi connectivity index (χ1n) is 13.5. The number of para-hydroxylation sites is 1. The second-order valence-corrected chi connectivity index (χ2v) is 9.91. The molecule has 0 radical (unpaired) electrons. The van der Waals surface area contributed by atoms with E-state index in [-0.39, 0.29) is 0 Å². The molecule has 2 aromatic carbocycles. The molecule has 4 heterocycles. The molecule has 0 amide bonds. The number of benzene rings is 2. The maximum absolute atomic E-state index is 13.2. The fraction of sp³-hybridized carbons (Fsp3) is 0.345. The van der Waals surface area contributed by atoms with E-state index in [1.165, 1.54) is 12.1 Å². The van der Waals surface area contributed by atoms with Gasteiger partial charge in [-0.2, -0.15) is 28.2 Å². The molecule has 2 aliphatic heterocycles. The summed E-state index contributed by atoms with van der Waals surface area (Å²) in [6.07, 6.45) is -0.785. The van der Waals surface area contributed by atoms with Gasteiger partial charge in [0.25, 0.3) is 0 Å². The Morgan fingerprint density at radius 2 is 1.61 bits per heavy atom. The third-order valence-corrected chi connectivity index (χ3v) is 7.14. The summed E-state index contributed by atoms with van der Waals surface area (Å²) in [5.74, 6) is 1.99. The normalized spacial score (nSPS) is 16.6. The smallest absolute Gasteiger partial charge is 0.378 e. The lowest BCUT2D eigenvalue weighted by molar-refractivity contribution is -0.137. The van der Waals surface area contributed by atoms with Gasteiger partial charge < -0.3 is 23.8 Å². The van der Waals surface area contributed by atoms with Crippen molar-refractivity contribution in [1.82, 2.24) is 14.5 Å². The zero-order valence-electron chi connectivity index (χ0n) is 22.3. The number of hydrogen-bond donors (Lipinski definition) is 1. The van der Waals surface area contributed by atoms with E-state index in [0.717, 1.165) is 41.4 Å². The quantitative estimate of drug-likeness (QED) is 0.259. The molecule has 0 spiro atoms. The van der Waals surface area contributed by atoms with Crippen molar-refractivity contribution in [2.24, 2.45) is 5.10 Å². The van der Waals surface area contributed by atoms with Crippen LogP contribution in [-0.4, -0.2) is 73.4 Å². The minimum absolute atomic E-state index is 0.295. The highest BCUT2D eigenvalue weighted by atomic mass is 19.4. The monoisotopic (exact) mass is 565 g/mol. The molecular weight excluding hydrogens is 535 g/mol. The van der Waals surface area contributed by atoms with E-state index in [0.29, 0.717) is 63.4 Å². The molecule has 2 aliphatic rings. The summed E-state index contributed by atoms with van der Waals surface area (Å²) in [6.45, 7) is 5.73. The van der Waals surface area contributed by atoms with Gasteiger partial charge in [0, 0.05) is 61.5 Å². The predicted octanol–water partition coefficient (Wildman–Crippen LogP) is 4.62. The number of rotatable bonds is 7. The van der Waals surface area contributed by atoms with E-state index < -0.39 is 11.7 Å². The lowest BCUT2D eigenvalue weighted by Gasteiger charge is -2.31. The fourth-order valence-electron chi connectivity index (χ4n) is 5.06. The second-order valence-electron chi connectivity index (χ2n) is 9.91.